The summed E-state index contributed by atoms with van der Waals surface area (Å²) < 4.78 is 0. The summed E-state index contributed by atoms with van der Waals surface area (Å²) in [6, 6.07) is 35.3. The van der Waals surface area contributed by atoms with E-state index in [1.165, 1.54) is 0 Å². The van der Waals surface area contributed by atoms with E-state index in [0.717, 1.165) is 11.1 Å². The summed E-state index contributed by atoms with van der Waals surface area (Å²) in [7, 11) is 0. The molecular formula is C22H21Fe2NO-8. The molecule has 4 aromatic carbocycles. The Hall–Kier alpha value is -2.09. The molecule has 0 heterocycles. The van der Waals surface area contributed by atoms with Gasteiger partial charge in [-0.25, -0.2) is 36.4 Å². The van der Waals surface area contributed by atoms with Crippen molar-refractivity contribution >= 4 is 5.91 Å². The fourth-order valence-corrected chi connectivity index (χ4v) is 2.33. The zero-order valence-corrected chi connectivity index (χ0v) is 16.4. The summed E-state index contributed by atoms with van der Waals surface area (Å²) in [5.41, 5.74) is 7.30. The van der Waals surface area contributed by atoms with Gasteiger partial charge in [-0.1, -0.05) is 0 Å². The van der Waals surface area contributed by atoms with Crippen molar-refractivity contribution in [1.82, 2.24) is 0 Å². The second kappa shape index (κ2) is 14.1. The van der Waals surface area contributed by atoms with Crippen LogP contribution in [0.5, 0.6) is 0 Å². The third-order valence-corrected chi connectivity index (χ3v) is 3.44. The van der Waals surface area contributed by atoms with Crippen LogP contribution in [-0.2, 0) is 38.9 Å². The van der Waals surface area contributed by atoms with Crippen molar-refractivity contribution in [2.75, 3.05) is 0 Å². The van der Waals surface area contributed by atoms with Gasteiger partial charge < -0.3 is 36.1 Å². The molecule has 0 aliphatic rings. The first kappa shape index (κ1) is 23.9. The summed E-state index contributed by atoms with van der Waals surface area (Å²) >= 11 is 0. The third-order valence-electron chi connectivity index (χ3n) is 3.44. The van der Waals surface area contributed by atoms with Crippen molar-refractivity contribution in [3.05, 3.63) is 120 Å². The topological polar surface area (TPSA) is 43.1 Å². The molecule has 0 aliphatic heterocycles. The molecule has 0 unspecified atom stereocenters. The third kappa shape index (κ3) is 8.33. The second-order valence-corrected chi connectivity index (χ2v) is 5.20. The first-order valence-electron chi connectivity index (χ1n) is 7.85. The Morgan fingerprint density at radius 3 is 1.27 bits per heavy atom. The van der Waals surface area contributed by atoms with Crippen LogP contribution in [0.25, 0.3) is 0 Å². The molecule has 4 heteroatoms. The molecule has 26 heavy (non-hydrogen) atoms. The number of carbonyl (C=O) groups is 1. The van der Waals surface area contributed by atoms with Crippen LogP contribution in [0.2, 0.25) is 0 Å². The predicted molar refractivity (Wildman–Crippen MR) is 99.2 cm³/mol. The second-order valence-electron chi connectivity index (χ2n) is 5.20. The SMILES string of the molecule is NC(=O)C([c-]1cccc1)[c-]1cccc1.[Fe].[Fe].[cH-]1[cH-][cH-][cH-][cH-]1.c1cc[cH-]c1. The molecule has 0 aliphatic carbocycles. The van der Waals surface area contributed by atoms with E-state index in [1.54, 1.807) is 0 Å². The Kier molecular flexibility index (Phi) is 13.0. The van der Waals surface area contributed by atoms with Crippen LogP contribution in [0.1, 0.15) is 17.0 Å². The zero-order valence-electron chi connectivity index (χ0n) is 14.2. The van der Waals surface area contributed by atoms with Gasteiger partial charge in [-0.3, -0.25) is 4.79 Å². The van der Waals surface area contributed by atoms with Crippen LogP contribution in [0.15, 0.2) is 109 Å². The maximum Gasteiger partial charge on any atom is 0.206 e. The number of carbonyl (C=O) groups excluding carboxylic acids is 1. The molecule has 4 rings (SSSR count). The molecule has 0 radical (unpaired) electrons. The summed E-state index contributed by atoms with van der Waals surface area (Å²) in [6.07, 6.45) is 0. The van der Waals surface area contributed by atoms with Gasteiger partial charge in [0.25, 0.3) is 0 Å². The molecule has 0 atom stereocenters. The van der Waals surface area contributed by atoms with E-state index in [2.05, 4.69) is 0 Å². The molecule has 2 nitrogen and oxygen atoms in total. The van der Waals surface area contributed by atoms with E-state index in [9.17, 15) is 4.79 Å². The van der Waals surface area contributed by atoms with Gasteiger partial charge >= 0.3 is 0 Å². The van der Waals surface area contributed by atoms with Crippen LogP contribution in [0.3, 0.4) is 0 Å². The standard InChI is InChI=1S/C12H11NO.2C5H5.2Fe/c13-12(14)11(9-5-1-2-6-9)10-7-3-4-8-10;2*1-2-4-5-3-1;;/h1-8,11H,(H2,13,14);2*1-5H;;/q-2;-5;-1;;. The molecule has 0 aromatic heterocycles. The van der Waals surface area contributed by atoms with Gasteiger partial charge in [-0.15, -0.1) is 0 Å². The molecular weight excluding hydrogens is 406 g/mol. The van der Waals surface area contributed by atoms with Crippen LogP contribution < -0.4 is 5.73 Å². The van der Waals surface area contributed by atoms with Gasteiger partial charge in [0.2, 0.25) is 5.91 Å². The smallest absolute Gasteiger partial charge is 0.206 e. The zero-order chi connectivity index (χ0) is 17.0. The van der Waals surface area contributed by atoms with E-state index in [0.29, 0.717) is 0 Å². The number of rotatable bonds is 3. The van der Waals surface area contributed by atoms with Crippen molar-refractivity contribution in [2.24, 2.45) is 5.73 Å². The first-order chi connectivity index (χ1) is 11.8. The van der Waals surface area contributed by atoms with Gasteiger partial charge in [0.05, 0.1) is 0 Å². The maximum absolute atomic E-state index is 11.3. The Morgan fingerprint density at radius 1 is 0.692 bits per heavy atom. The van der Waals surface area contributed by atoms with E-state index in [1.807, 2.05) is 109 Å². The Balaban J connectivity index is 0.000000432. The average molecular weight is 427 g/mol. The summed E-state index contributed by atoms with van der Waals surface area (Å²) in [4.78, 5) is 11.3. The van der Waals surface area contributed by atoms with Crippen molar-refractivity contribution in [2.45, 2.75) is 5.92 Å². The molecule has 0 saturated heterocycles. The normalized spacial score (nSPS) is 8.81. The van der Waals surface area contributed by atoms with E-state index < -0.39 is 0 Å². The van der Waals surface area contributed by atoms with Crippen molar-refractivity contribution in [3.63, 3.8) is 0 Å². The summed E-state index contributed by atoms with van der Waals surface area (Å²) in [6.45, 7) is 0. The van der Waals surface area contributed by atoms with Crippen molar-refractivity contribution in [3.8, 4) is 0 Å². The van der Waals surface area contributed by atoms with Crippen LogP contribution >= 0.6 is 0 Å². The number of nitrogens with two attached hydrogens (primary N) is 1. The molecule has 4 aromatic rings. The van der Waals surface area contributed by atoms with Gasteiger partial charge in [0, 0.05) is 34.1 Å². The summed E-state index contributed by atoms with van der Waals surface area (Å²) in [5, 5.41) is 0. The fourth-order valence-electron chi connectivity index (χ4n) is 2.33. The minimum absolute atomic E-state index is 0. The number of hydrogen-bond donors (Lipinski definition) is 1. The van der Waals surface area contributed by atoms with E-state index >= 15 is 0 Å². The molecule has 0 spiro atoms. The predicted octanol–water partition coefficient (Wildman–Crippen LogP) is 4.55. The average Bonchev–Trinajstić information content (AvgIpc) is 3.37. The molecule has 144 valence electrons. The largest absolute Gasteiger partial charge is 0.748 e. The quantitative estimate of drug-likeness (QED) is 0.379. The minimum Gasteiger partial charge on any atom is -0.748 e. The number of hydrogen-bond acceptors (Lipinski definition) is 1. The van der Waals surface area contributed by atoms with Crippen LogP contribution in [0, 0.1) is 0 Å². The Morgan fingerprint density at radius 2 is 1.04 bits per heavy atom. The number of amides is 1. The first-order valence-corrected chi connectivity index (χ1v) is 7.85. The van der Waals surface area contributed by atoms with Gasteiger partial charge in [0.15, 0.2) is 0 Å². The molecule has 2 N–H and O–H groups in total. The number of primary amides is 1. The monoisotopic (exact) mass is 427 g/mol. The van der Waals surface area contributed by atoms with Gasteiger partial charge in [-0.05, 0) is 5.92 Å². The molecule has 1 amide bonds. The molecule has 0 bridgehead atoms. The van der Waals surface area contributed by atoms with Crippen molar-refractivity contribution in [1.29, 1.82) is 0 Å². The van der Waals surface area contributed by atoms with Crippen LogP contribution in [0.4, 0.5) is 0 Å². The molecule has 0 saturated carbocycles. The summed E-state index contributed by atoms with van der Waals surface area (Å²) in [5.74, 6) is -0.609. The van der Waals surface area contributed by atoms with Gasteiger partial charge in [-0.2, -0.15) is 53.6 Å². The van der Waals surface area contributed by atoms with Crippen molar-refractivity contribution < 1.29 is 38.9 Å². The van der Waals surface area contributed by atoms with E-state index in [4.69, 9.17) is 5.73 Å². The van der Waals surface area contributed by atoms with Gasteiger partial charge in [0.1, 0.15) is 0 Å². The molecule has 0 fully saturated rings. The van der Waals surface area contributed by atoms with Crippen LogP contribution in [-0.4, -0.2) is 5.91 Å². The Labute approximate surface area is 176 Å². The maximum atomic E-state index is 11.3. The Bertz CT molecular complexity index is 644. The van der Waals surface area contributed by atoms with E-state index in [-0.39, 0.29) is 46.0 Å². The fraction of sp³-hybridized carbons (Fsp3) is 0.0455. The minimum atomic E-state index is -0.306.